The summed E-state index contributed by atoms with van der Waals surface area (Å²) in [4.78, 5) is 15.9. The monoisotopic (exact) mass is 288 g/mol. The lowest BCUT2D eigenvalue weighted by Crippen LogP contribution is -2.25. The molecule has 0 fully saturated rings. The summed E-state index contributed by atoms with van der Waals surface area (Å²) in [6.07, 6.45) is 8.77. The molecule has 21 heavy (non-hydrogen) atoms. The van der Waals surface area contributed by atoms with Gasteiger partial charge in [-0.3, -0.25) is 4.79 Å². The van der Waals surface area contributed by atoms with Gasteiger partial charge >= 0.3 is 0 Å². The molecule has 0 radical (unpaired) electrons. The Labute approximate surface area is 127 Å². The first-order valence-electron chi connectivity index (χ1n) is 7.62. The Balaban J connectivity index is 2.26. The summed E-state index contributed by atoms with van der Waals surface area (Å²) in [6.45, 7) is 2.72. The molecular weight excluding hydrogens is 264 g/mol. The van der Waals surface area contributed by atoms with E-state index in [1.807, 2.05) is 0 Å². The molecule has 0 bridgehead atoms. The maximum atomic E-state index is 11.9. The summed E-state index contributed by atoms with van der Waals surface area (Å²) in [5.74, 6) is 5.14. The molecule has 0 saturated heterocycles. The molecule has 1 amide bonds. The van der Waals surface area contributed by atoms with Gasteiger partial charge in [0, 0.05) is 18.3 Å². The summed E-state index contributed by atoms with van der Waals surface area (Å²) >= 11 is 0. The zero-order chi connectivity index (χ0) is 15.3. The quantitative estimate of drug-likeness (QED) is 0.571. The van der Waals surface area contributed by atoms with Gasteiger partial charge in [-0.1, -0.05) is 50.9 Å². The Morgan fingerprint density at radius 1 is 1.24 bits per heavy atom. The van der Waals surface area contributed by atoms with Gasteiger partial charge in [-0.05, 0) is 18.6 Å². The largest absolute Gasteiger partial charge is 0.384 e. The minimum atomic E-state index is -0.180. The number of rotatable bonds is 8. The summed E-state index contributed by atoms with van der Waals surface area (Å²) in [7, 11) is 0. The van der Waals surface area contributed by atoms with Crippen molar-refractivity contribution < 1.29 is 9.90 Å². The van der Waals surface area contributed by atoms with Crippen LogP contribution in [0.2, 0.25) is 0 Å². The van der Waals surface area contributed by atoms with Gasteiger partial charge < -0.3 is 10.4 Å². The van der Waals surface area contributed by atoms with Crippen LogP contribution in [0.3, 0.4) is 0 Å². The van der Waals surface area contributed by atoms with Crippen molar-refractivity contribution in [3.8, 4) is 11.8 Å². The lowest BCUT2D eigenvalue weighted by atomic mass is 10.1. The zero-order valence-electron chi connectivity index (χ0n) is 12.7. The molecule has 0 aromatic carbocycles. The number of carbonyl (C=O) groups is 1. The fourth-order valence-electron chi connectivity index (χ4n) is 1.94. The van der Waals surface area contributed by atoms with Crippen molar-refractivity contribution >= 4 is 5.91 Å². The highest BCUT2D eigenvalue weighted by atomic mass is 16.2. The first-order valence-corrected chi connectivity index (χ1v) is 7.62. The topological polar surface area (TPSA) is 62.2 Å². The number of aliphatic hydroxyl groups is 1. The first kappa shape index (κ1) is 17.2. The van der Waals surface area contributed by atoms with Gasteiger partial charge in [0.25, 0.3) is 5.91 Å². The summed E-state index contributed by atoms with van der Waals surface area (Å²) < 4.78 is 0. The lowest BCUT2D eigenvalue weighted by molar-refractivity contribution is 0.0948. The van der Waals surface area contributed by atoms with E-state index < -0.39 is 0 Å². The number of pyridine rings is 1. The fourth-order valence-corrected chi connectivity index (χ4v) is 1.94. The fraction of sp³-hybridized carbons (Fsp3) is 0.529. The van der Waals surface area contributed by atoms with E-state index in [9.17, 15) is 4.79 Å². The Morgan fingerprint density at radius 2 is 2.00 bits per heavy atom. The second-order valence-electron chi connectivity index (χ2n) is 4.92. The normalized spacial score (nSPS) is 9.81. The number of hydrogen-bond donors (Lipinski definition) is 2. The molecular formula is C17H24N2O2. The third-order valence-corrected chi connectivity index (χ3v) is 3.12. The van der Waals surface area contributed by atoms with E-state index in [0.717, 1.165) is 12.8 Å². The standard InChI is InChI=1S/C17H24N2O2/c1-2-3-4-5-6-7-12-18-17(21)16-11-10-15(14-19-16)9-8-13-20/h10-11,14,20H,2-7,12-13H2,1H3,(H,18,21). The van der Waals surface area contributed by atoms with Gasteiger partial charge in [0.2, 0.25) is 0 Å². The van der Waals surface area contributed by atoms with E-state index in [-0.39, 0.29) is 12.5 Å². The summed E-state index contributed by atoms with van der Waals surface area (Å²) in [6, 6.07) is 3.38. The van der Waals surface area contributed by atoms with Gasteiger partial charge in [0.15, 0.2) is 0 Å². The maximum absolute atomic E-state index is 11.9. The number of aliphatic hydroxyl groups excluding tert-OH is 1. The molecule has 1 aromatic heterocycles. The molecule has 2 N–H and O–H groups in total. The predicted octanol–water partition coefficient (Wildman–Crippen LogP) is 2.52. The van der Waals surface area contributed by atoms with Crippen LogP contribution in [-0.2, 0) is 0 Å². The summed E-state index contributed by atoms with van der Waals surface area (Å²) in [5.41, 5.74) is 1.09. The highest BCUT2D eigenvalue weighted by Crippen LogP contribution is 2.04. The van der Waals surface area contributed by atoms with E-state index in [1.165, 1.54) is 25.7 Å². The maximum Gasteiger partial charge on any atom is 0.269 e. The van der Waals surface area contributed by atoms with Crippen LogP contribution in [0.15, 0.2) is 18.3 Å². The second kappa shape index (κ2) is 10.9. The second-order valence-corrected chi connectivity index (χ2v) is 4.92. The van der Waals surface area contributed by atoms with Crippen molar-refractivity contribution in [3.05, 3.63) is 29.6 Å². The van der Waals surface area contributed by atoms with Crippen LogP contribution in [0, 0.1) is 11.8 Å². The number of aromatic nitrogens is 1. The molecule has 4 heteroatoms. The number of hydrogen-bond acceptors (Lipinski definition) is 3. The number of carbonyl (C=O) groups excluding carboxylic acids is 1. The van der Waals surface area contributed by atoms with Gasteiger partial charge in [0.05, 0.1) is 0 Å². The number of unbranched alkanes of at least 4 members (excludes halogenated alkanes) is 5. The smallest absolute Gasteiger partial charge is 0.269 e. The van der Waals surface area contributed by atoms with E-state index in [2.05, 4.69) is 29.1 Å². The van der Waals surface area contributed by atoms with Crippen LogP contribution in [0.1, 0.15) is 61.5 Å². The number of nitrogens with zero attached hydrogens (tertiary/aromatic N) is 1. The van der Waals surface area contributed by atoms with Crippen LogP contribution >= 0.6 is 0 Å². The molecule has 114 valence electrons. The molecule has 0 saturated carbocycles. The van der Waals surface area contributed by atoms with E-state index in [0.29, 0.717) is 17.8 Å². The van der Waals surface area contributed by atoms with Crippen molar-refractivity contribution in [2.75, 3.05) is 13.2 Å². The van der Waals surface area contributed by atoms with Gasteiger partial charge in [0.1, 0.15) is 12.3 Å². The Bertz CT molecular complexity index is 472. The van der Waals surface area contributed by atoms with E-state index in [4.69, 9.17) is 5.11 Å². The molecule has 4 nitrogen and oxygen atoms in total. The third-order valence-electron chi connectivity index (χ3n) is 3.12. The van der Waals surface area contributed by atoms with Crippen molar-refractivity contribution in [3.63, 3.8) is 0 Å². The molecule has 0 unspecified atom stereocenters. The number of nitrogens with one attached hydrogen (secondary N) is 1. The van der Waals surface area contributed by atoms with Crippen LogP contribution in [0.4, 0.5) is 0 Å². The Hall–Kier alpha value is -1.86. The molecule has 1 aromatic rings. The average Bonchev–Trinajstić information content (AvgIpc) is 2.52. The zero-order valence-corrected chi connectivity index (χ0v) is 12.7. The van der Waals surface area contributed by atoms with Gasteiger partial charge in [-0.15, -0.1) is 0 Å². The van der Waals surface area contributed by atoms with Crippen molar-refractivity contribution in [1.82, 2.24) is 10.3 Å². The molecule has 0 aliphatic heterocycles. The molecule has 0 aliphatic carbocycles. The summed E-state index contributed by atoms with van der Waals surface area (Å²) in [5, 5.41) is 11.5. The minimum absolute atomic E-state index is 0.148. The highest BCUT2D eigenvalue weighted by molar-refractivity contribution is 5.92. The molecule has 1 heterocycles. The SMILES string of the molecule is CCCCCCCCNC(=O)c1ccc(C#CCO)cn1. The van der Waals surface area contributed by atoms with Crippen LogP contribution in [0.25, 0.3) is 0 Å². The Morgan fingerprint density at radius 3 is 2.67 bits per heavy atom. The van der Waals surface area contributed by atoms with Crippen molar-refractivity contribution in [1.29, 1.82) is 0 Å². The minimum Gasteiger partial charge on any atom is -0.384 e. The highest BCUT2D eigenvalue weighted by Gasteiger charge is 2.05. The van der Waals surface area contributed by atoms with Crippen LogP contribution in [-0.4, -0.2) is 29.1 Å². The van der Waals surface area contributed by atoms with E-state index >= 15 is 0 Å². The third kappa shape index (κ3) is 7.48. The molecule has 0 spiro atoms. The van der Waals surface area contributed by atoms with Crippen molar-refractivity contribution in [2.45, 2.75) is 45.4 Å². The molecule has 0 aliphatic rings. The van der Waals surface area contributed by atoms with E-state index in [1.54, 1.807) is 18.3 Å². The number of amides is 1. The first-order chi connectivity index (χ1) is 10.3. The van der Waals surface area contributed by atoms with Gasteiger partial charge in [-0.2, -0.15) is 0 Å². The predicted molar refractivity (Wildman–Crippen MR) is 83.9 cm³/mol. The molecule has 1 rings (SSSR count). The Kier molecular flexibility index (Phi) is 8.90. The van der Waals surface area contributed by atoms with Crippen molar-refractivity contribution in [2.24, 2.45) is 0 Å². The average molecular weight is 288 g/mol. The lowest BCUT2D eigenvalue weighted by Gasteiger charge is -2.04. The van der Waals surface area contributed by atoms with Crippen LogP contribution < -0.4 is 5.32 Å². The van der Waals surface area contributed by atoms with Crippen LogP contribution in [0.5, 0.6) is 0 Å². The van der Waals surface area contributed by atoms with Gasteiger partial charge in [-0.25, -0.2) is 4.98 Å². The molecule has 0 atom stereocenters.